The predicted octanol–water partition coefficient (Wildman–Crippen LogP) is 20.9. The van der Waals surface area contributed by atoms with Crippen molar-refractivity contribution >= 4 is 43.6 Å². The summed E-state index contributed by atoms with van der Waals surface area (Å²) in [6.45, 7) is 27.1. The molecule has 0 amide bonds. The minimum Gasteiger partial charge on any atom is -0.309 e. The molecule has 0 aliphatic rings. The van der Waals surface area contributed by atoms with Gasteiger partial charge in [-0.15, -0.1) is 0 Å². The Labute approximate surface area is 527 Å². The Morgan fingerprint density at radius 3 is 0.933 bits per heavy atom. The van der Waals surface area contributed by atoms with Crippen LogP contribution in [0.3, 0.4) is 0 Å². The number of fused-ring (bicyclic) bond motifs is 6. The van der Waals surface area contributed by atoms with Gasteiger partial charge in [-0.25, -0.2) is 15.0 Å². The van der Waals surface area contributed by atoms with Gasteiger partial charge in [0.05, 0.1) is 68.3 Å². The van der Waals surface area contributed by atoms with Crippen LogP contribution in [0.4, 0.5) is 0 Å². The molecule has 8 nitrogen and oxygen atoms in total. The van der Waals surface area contributed by atoms with Crippen LogP contribution in [0.2, 0.25) is 0 Å². The van der Waals surface area contributed by atoms with E-state index >= 15 is 0 Å². The fraction of sp³-hybridized carbons (Fsp3) is 0.195. The second-order valence-corrected chi connectivity index (χ2v) is 28.0. The highest BCUT2D eigenvalue weighted by atomic mass is 15.0. The van der Waals surface area contributed by atoms with E-state index < -0.39 is 0 Å². The molecule has 0 saturated carbocycles. The van der Waals surface area contributed by atoms with E-state index in [0.29, 0.717) is 34.2 Å². The van der Waals surface area contributed by atoms with Crippen molar-refractivity contribution in [1.29, 1.82) is 15.8 Å². The molecule has 0 aliphatic carbocycles. The number of nitrogens with zero attached hydrogens (tertiary/aromatic N) is 8. The van der Waals surface area contributed by atoms with Gasteiger partial charge in [-0.1, -0.05) is 162 Å². The van der Waals surface area contributed by atoms with Crippen LogP contribution in [0, 0.1) is 34.0 Å². The molecule has 0 aliphatic heterocycles. The Morgan fingerprint density at radius 1 is 0.278 bits per heavy atom. The van der Waals surface area contributed by atoms with Crippen molar-refractivity contribution in [3.63, 3.8) is 0 Å². The van der Waals surface area contributed by atoms with Gasteiger partial charge in [0.25, 0.3) is 0 Å². The van der Waals surface area contributed by atoms with E-state index in [2.05, 4.69) is 244 Å². The monoisotopic (exact) mass is 1170 g/mol. The van der Waals surface area contributed by atoms with Gasteiger partial charge in [-0.05, 0) is 194 Å². The third-order valence-electron chi connectivity index (χ3n) is 17.7. The van der Waals surface area contributed by atoms with Gasteiger partial charge in [0.1, 0.15) is 0 Å². The molecule has 0 fully saturated rings. The Hall–Kier alpha value is -10.7. The highest BCUT2D eigenvalue weighted by Gasteiger charge is 2.26. The summed E-state index contributed by atoms with van der Waals surface area (Å²) in [5, 5.41) is 35.2. The lowest BCUT2D eigenvalue weighted by Gasteiger charge is -2.20. The van der Waals surface area contributed by atoms with Crippen molar-refractivity contribution in [3.05, 3.63) is 245 Å². The molecule has 0 saturated heterocycles. The van der Waals surface area contributed by atoms with E-state index in [4.69, 9.17) is 15.0 Å². The molecule has 3 heterocycles. The second-order valence-electron chi connectivity index (χ2n) is 28.0. The standard InChI is InChI=1S/C82H70N8/c1-79(2,3)60-28-34-72-66(43-60)67-44-61(80(4,5)6)29-35-73(67)89(72)70-32-26-58(41-64(70)55-19-13-16-51(38-55)48-84)77-86-76(57-21-15-18-54(40-57)53-24-22-50(47-83)23-25-53)87-78(88-77)59-27-33-71(65(42-59)56-20-14-17-52(39-56)49-85)90-74-36-30-62(81(7,8)9)45-68(74)69-46-63(82(10,11)12)31-37-75(69)90/h13-46H,1-12H3. The van der Waals surface area contributed by atoms with Crippen LogP contribution in [0.1, 0.15) is 122 Å². The van der Waals surface area contributed by atoms with E-state index in [1.54, 1.807) is 0 Å². The summed E-state index contributed by atoms with van der Waals surface area (Å²) in [5.41, 5.74) is 20.3. The Kier molecular flexibility index (Phi) is 14.2. The molecular weight excluding hydrogens is 1100 g/mol. The molecule has 13 aromatic rings. The largest absolute Gasteiger partial charge is 0.309 e. The molecule has 0 bridgehead atoms. The predicted molar refractivity (Wildman–Crippen MR) is 370 cm³/mol. The summed E-state index contributed by atoms with van der Waals surface area (Å²) in [6.07, 6.45) is 0. The summed E-state index contributed by atoms with van der Waals surface area (Å²) < 4.78 is 4.74. The van der Waals surface area contributed by atoms with Gasteiger partial charge < -0.3 is 9.13 Å². The first-order valence-electron chi connectivity index (χ1n) is 30.8. The van der Waals surface area contributed by atoms with E-state index in [-0.39, 0.29) is 21.7 Å². The lowest BCUT2D eigenvalue weighted by Crippen LogP contribution is -2.10. The van der Waals surface area contributed by atoms with E-state index in [1.807, 2.05) is 72.8 Å². The molecule has 0 N–H and O–H groups in total. The van der Waals surface area contributed by atoms with Crippen LogP contribution in [0.15, 0.2) is 206 Å². The quantitative estimate of drug-likeness (QED) is 0.149. The lowest BCUT2D eigenvalue weighted by atomic mass is 9.85. The molecule has 0 unspecified atom stereocenters. The van der Waals surface area contributed by atoms with Gasteiger partial charge >= 0.3 is 0 Å². The summed E-state index contributed by atoms with van der Waals surface area (Å²) >= 11 is 0. The maximum atomic E-state index is 10.4. The first-order chi connectivity index (χ1) is 42.9. The average Bonchev–Trinajstić information content (AvgIpc) is 1.60. The summed E-state index contributed by atoms with van der Waals surface area (Å²) in [6, 6.07) is 78.8. The van der Waals surface area contributed by atoms with Crippen molar-refractivity contribution in [1.82, 2.24) is 24.1 Å². The van der Waals surface area contributed by atoms with Crippen molar-refractivity contribution in [2.75, 3.05) is 0 Å². The fourth-order valence-electron chi connectivity index (χ4n) is 12.5. The lowest BCUT2D eigenvalue weighted by molar-refractivity contribution is 0.590. The SMILES string of the molecule is CC(C)(C)c1ccc2c(c1)c1cc(C(C)(C)C)ccc1n2-c1ccc(-c2nc(-c3cccc(-c4ccc(C#N)cc4)c3)nc(-c3ccc(-n4c5ccc(C(C)(C)C)cc5c5cc(C(C)(C)C)ccc54)c(-c4cccc(C#N)c4)c3)n2)cc1-c1cccc(C#N)c1. The molecule has 0 atom stereocenters. The van der Waals surface area contributed by atoms with Crippen LogP contribution >= 0.6 is 0 Å². The number of hydrogen-bond acceptors (Lipinski definition) is 6. The molecule has 0 spiro atoms. The molecule has 10 aromatic carbocycles. The molecule has 90 heavy (non-hydrogen) atoms. The van der Waals surface area contributed by atoms with Crippen LogP contribution in [0.5, 0.6) is 0 Å². The summed E-state index contributed by atoms with van der Waals surface area (Å²) in [7, 11) is 0. The van der Waals surface area contributed by atoms with E-state index in [1.165, 1.54) is 43.8 Å². The van der Waals surface area contributed by atoms with Gasteiger partial charge in [-0.2, -0.15) is 15.8 Å². The minimum atomic E-state index is -0.0755. The second kappa shape index (κ2) is 21.8. The maximum absolute atomic E-state index is 10.4. The van der Waals surface area contributed by atoms with E-state index in [0.717, 1.165) is 83.5 Å². The Balaban J connectivity index is 1.07. The molecule has 0 radical (unpaired) electrons. The number of hydrogen-bond donors (Lipinski definition) is 0. The number of rotatable bonds is 8. The number of nitriles is 3. The van der Waals surface area contributed by atoms with Crippen molar-refractivity contribution in [2.24, 2.45) is 0 Å². The summed E-state index contributed by atoms with van der Waals surface area (Å²) in [4.78, 5) is 16.3. The first kappa shape index (κ1) is 58.3. The first-order valence-corrected chi connectivity index (χ1v) is 30.8. The van der Waals surface area contributed by atoms with Gasteiger partial charge in [0.2, 0.25) is 0 Å². The third-order valence-corrected chi connectivity index (χ3v) is 17.7. The van der Waals surface area contributed by atoms with E-state index in [9.17, 15) is 15.8 Å². The van der Waals surface area contributed by atoms with Crippen molar-refractivity contribution < 1.29 is 0 Å². The van der Waals surface area contributed by atoms with Crippen molar-refractivity contribution in [3.8, 4) is 97.1 Å². The van der Waals surface area contributed by atoms with Crippen LogP contribution in [-0.4, -0.2) is 24.1 Å². The van der Waals surface area contributed by atoms with Crippen LogP contribution < -0.4 is 0 Å². The van der Waals surface area contributed by atoms with Gasteiger partial charge in [-0.3, -0.25) is 0 Å². The van der Waals surface area contributed by atoms with Gasteiger partial charge in [0.15, 0.2) is 17.5 Å². The molecule has 438 valence electrons. The zero-order valence-corrected chi connectivity index (χ0v) is 53.2. The molecule has 8 heteroatoms. The zero-order valence-electron chi connectivity index (χ0n) is 53.2. The highest BCUT2D eigenvalue weighted by Crippen LogP contribution is 2.44. The number of benzene rings is 10. The van der Waals surface area contributed by atoms with Crippen LogP contribution in [0.25, 0.3) is 123 Å². The molecular formula is C82H70N8. The maximum Gasteiger partial charge on any atom is 0.164 e. The Bertz CT molecular complexity index is 4780. The van der Waals surface area contributed by atoms with Crippen molar-refractivity contribution in [2.45, 2.75) is 105 Å². The number of aromatic nitrogens is 5. The highest BCUT2D eigenvalue weighted by molar-refractivity contribution is 6.12. The normalized spacial score (nSPS) is 12.2. The molecule has 3 aromatic heterocycles. The summed E-state index contributed by atoms with van der Waals surface area (Å²) in [5.74, 6) is 1.38. The fourth-order valence-corrected chi connectivity index (χ4v) is 12.5. The zero-order chi connectivity index (χ0) is 63.2. The third kappa shape index (κ3) is 10.7. The topological polar surface area (TPSA) is 120 Å². The average molecular weight is 1170 g/mol. The van der Waals surface area contributed by atoms with Crippen LogP contribution in [-0.2, 0) is 21.7 Å². The molecule has 13 rings (SSSR count). The Morgan fingerprint density at radius 2 is 0.589 bits per heavy atom. The van der Waals surface area contributed by atoms with Gasteiger partial charge in [0, 0.05) is 49.4 Å². The smallest absolute Gasteiger partial charge is 0.164 e. The minimum absolute atomic E-state index is 0.0755.